The number of hydrogen-bond acceptors (Lipinski definition) is 5. The molecule has 1 aromatic rings. The first kappa shape index (κ1) is 14.3. The van der Waals surface area contributed by atoms with Crippen LogP contribution in [0.15, 0.2) is 24.3 Å². The number of imide groups is 1. The van der Waals surface area contributed by atoms with Crippen LogP contribution in [-0.2, 0) is 9.59 Å². The second kappa shape index (κ2) is 6.38. The molecule has 2 rings (SSSR count). The lowest BCUT2D eigenvalue weighted by Gasteiger charge is -2.18. The number of aliphatic hydroxyl groups is 1. The van der Waals surface area contributed by atoms with Crippen molar-refractivity contribution in [2.24, 2.45) is 0 Å². The van der Waals surface area contributed by atoms with E-state index in [0.717, 1.165) is 4.90 Å². The van der Waals surface area contributed by atoms with Gasteiger partial charge in [0.05, 0.1) is 13.7 Å². The van der Waals surface area contributed by atoms with Crippen molar-refractivity contribution in [3.63, 3.8) is 0 Å². The summed E-state index contributed by atoms with van der Waals surface area (Å²) in [6, 6.07) is 6.93. The number of hydrogen-bond donors (Lipinski definition) is 1. The lowest BCUT2D eigenvalue weighted by atomic mass is 10.3. The Morgan fingerprint density at radius 2 is 1.70 bits per heavy atom. The Hall–Kier alpha value is -2.08. The highest BCUT2D eigenvalue weighted by Gasteiger charge is 2.30. The fourth-order valence-corrected chi connectivity index (χ4v) is 1.95. The molecule has 0 aliphatic carbocycles. The molecular formula is C14H17NO5. The van der Waals surface area contributed by atoms with Gasteiger partial charge in [0.15, 0.2) is 0 Å². The van der Waals surface area contributed by atoms with Gasteiger partial charge in [0.1, 0.15) is 24.2 Å². The molecule has 1 aliphatic rings. The Labute approximate surface area is 116 Å². The van der Waals surface area contributed by atoms with Crippen molar-refractivity contribution < 1.29 is 24.2 Å². The third-order valence-corrected chi connectivity index (χ3v) is 3.05. The molecule has 0 aromatic heterocycles. The van der Waals surface area contributed by atoms with E-state index in [2.05, 4.69) is 0 Å². The molecule has 1 aliphatic heterocycles. The number of benzene rings is 1. The molecule has 1 heterocycles. The molecule has 1 aromatic carbocycles. The van der Waals surface area contributed by atoms with E-state index in [-0.39, 0.29) is 37.8 Å². The first-order valence-electron chi connectivity index (χ1n) is 6.38. The standard InChI is InChI=1S/C14H17NO5/c1-19-11-2-4-12(5-3-11)20-9-10(16)8-15-13(17)6-7-14(15)18/h2-5,10,16H,6-9H2,1H3. The molecule has 0 saturated carbocycles. The van der Waals surface area contributed by atoms with Crippen molar-refractivity contribution in [1.82, 2.24) is 4.90 Å². The highest BCUT2D eigenvalue weighted by molar-refractivity contribution is 6.01. The zero-order valence-corrected chi connectivity index (χ0v) is 11.2. The van der Waals surface area contributed by atoms with Crippen LogP contribution in [0.3, 0.4) is 0 Å². The Bertz CT molecular complexity index is 469. The second-order valence-electron chi connectivity index (χ2n) is 4.54. The van der Waals surface area contributed by atoms with Crippen LogP contribution in [0.25, 0.3) is 0 Å². The van der Waals surface area contributed by atoms with Gasteiger partial charge in [0, 0.05) is 12.8 Å². The summed E-state index contributed by atoms with van der Waals surface area (Å²) in [5.74, 6) is 0.826. The number of β-amino-alcohol motifs (C(OH)–C–C–N with tert-alkyl or cyclic N) is 1. The van der Waals surface area contributed by atoms with Crippen LogP contribution in [-0.4, -0.2) is 48.2 Å². The number of amides is 2. The molecule has 0 bridgehead atoms. The molecule has 6 nitrogen and oxygen atoms in total. The summed E-state index contributed by atoms with van der Waals surface area (Å²) >= 11 is 0. The van der Waals surface area contributed by atoms with E-state index in [9.17, 15) is 14.7 Å². The molecule has 0 spiro atoms. The zero-order chi connectivity index (χ0) is 14.5. The molecule has 20 heavy (non-hydrogen) atoms. The largest absolute Gasteiger partial charge is 0.497 e. The maximum atomic E-state index is 11.4. The quantitative estimate of drug-likeness (QED) is 0.771. The predicted molar refractivity (Wildman–Crippen MR) is 70.4 cm³/mol. The van der Waals surface area contributed by atoms with Crippen LogP contribution in [0.4, 0.5) is 0 Å². The average molecular weight is 279 g/mol. The van der Waals surface area contributed by atoms with Crippen molar-refractivity contribution >= 4 is 11.8 Å². The molecular weight excluding hydrogens is 262 g/mol. The highest BCUT2D eigenvalue weighted by Crippen LogP contribution is 2.17. The lowest BCUT2D eigenvalue weighted by molar-refractivity contribution is -0.140. The van der Waals surface area contributed by atoms with Gasteiger partial charge >= 0.3 is 0 Å². The molecule has 0 radical (unpaired) electrons. The average Bonchev–Trinajstić information content (AvgIpc) is 2.77. The maximum absolute atomic E-state index is 11.4. The molecule has 1 fully saturated rings. The van der Waals surface area contributed by atoms with Gasteiger partial charge in [0.2, 0.25) is 11.8 Å². The van der Waals surface area contributed by atoms with Gasteiger partial charge < -0.3 is 14.6 Å². The van der Waals surface area contributed by atoms with Crippen LogP contribution in [0.5, 0.6) is 11.5 Å². The van der Waals surface area contributed by atoms with Crippen molar-refractivity contribution in [2.45, 2.75) is 18.9 Å². The number of carbonyl (C=O) groups excluding carboxylic acids is 2. The topological polar surface area (TPSA) is 76.1 Å². The van der Waals surface area contributed by atoms with Gasteiger partial charge in [0.25, 0.3) is 0 Å². The van der Waals surface area contributed by atoms with Gasteiger partial charge in [-0.05, 0) is 24.3 Å². The van der Waals surface area contributed by atoms with Crippen LogP contribution >= 0.6 is 0 Å². The Morgan fingerprint density at radius 1 is 1.15 bits per heavy atom. The van der Waals surface area contributed by atoms with E-state index in [1.807, 2.05) is 0 Å². The monoisotopic (exact) mass is 279 g/mol. The summed E-state index contributed by atoms with van der Waals surface area (Å²) in [6.45, 7) is -0.00277. The second-order valence-corrected chi connectivity index (χ2v) is 4.54. The van der Waals surface area contributed by atoms with E-state index >= 15 is 0 Å². The molecule has 2 amide bonds. The molecule has 108 valence electrons. The molecule has 6 heteroatoms. The minimum atomic E-state index is -0.900. The predicted octanol–water partition coefficient (Wildman–Crippen LogP) is 0.584. The third-order valence-electron chi connectivity index (χ3n) is 3.05. The first-order valence-corrected chi connectivity index (χ1v) is 6.38. The van der Waals surface area contributed by atoms with E-state index in [0.29, 0.717) is 11.5 Å². The van der Waals surface area contributed by atoms with E-state index < -0.39 is 6.10 Å². The SMILES string of the molecule is COc1ccc(OCC(O)CN2C(=O)CCC2=O)cc1. The number of methoxy groups -OCH3 is 1. The maximum Gasteiger partial charge on any atom is 0.229 e. The lowest BCUT2D eigenvalue weighted by Crippen LogP contribution is -2.38. The van der Waals surface area contributed by atoms with Gasteiger partial charge in [-0.3, -0.25) is 14.5 Å². The normalized spacial score (nSPS) is 16.4. The van der Waals surface area contributed by atoms with Crippen LogP contribution < -0.4 is 9.47 Å². The van der Waals surface area contributed by atoms with Gasteiger partial charge in [-0.25, -0.2) is 0 Å². The van der Waals surface area contributed by atoms with Gasteiger partial charge in [-0.15, -0.1) is 0 Å². The number of nitrogens with zero attached hydrogens (tertiary/aromatic N) is 1. The molecule has 1 saturated heterocycles. The number of rotatable bonds is 6. The van der Waals surface area contributed by atoms with Crippen molar-refractivity contribution in [3.8, 4) is 11.5 Å². The van der Waals surface area contributed by atoms with Crippen LogP contribution in [0.1, 0.15) is 12.8 Å². The van der Waals surface area contributed by atoms with Crippen molar-refractivity contribution in [1.29, 1.82) is 0 Å². The minimum absolute atomic E-state index is 0.0173. The van der Waals surface area contributed by atoms with E-state index in [4.69, 9.17) is 9.47 Å². The van der Waals surface area contributed by atoms with E-state index in [1.54, 1.807) is 31.4 Å². The number of likely N-dealkylation sites (tertiary alicyclic amines) is 1. The number of ether oxygens (including phenoxy) is 2. The molecule has 1 N–H and O–H groups in total. The number of carbonyl (C=O) groups is 2. The zero-order valence-electron chi connectivity index (χ0n) is 11.2. The summed E-state index contributed by atoms with van der Waals surface area (Å²) in [5.41, 5.74) is 0. The van der Waals surface area contributed by atoms with Crippen molar-refractivity contribution in [2.75, 3.05) is 20.3 Å². The smallest absolute Gasteiger partial charge is 0.229 e. The summed E-state index contributed by atoms with van der Waals surface area (Å²) in [6.07, 6.45) is -0.446. The van der Waals surface area contributed by atoms with Crippen molar-refractivity contribution in [3.05, 3.63) is 24.3 Å². The Morgan fingerprint density at radius 3 is 2.25 bits per heavy atom. The van der Waals surface area contributed by atoms with Gasteiger partial charge in [-0.2, -0.15) is 0 Å². The first-order chi connectivity index (χ1) is 9.60. The van der Waals surface area contributed by atoms with Crippen LogP contribution in [0, 0.1) is 0 Å². The summed E-state index contributed by atoms with van der Waals surface area (Å²) in [5, 5.41) is 9.81. The molecule has 1 atom stereocenters. The van der Waals surface area contributed by atoms with E-state index in [1.165, 1.54) is 0 Å². The highest BCUT2D eigenvalue weighted by atomic mass is 16.5. The fraction of sp³-hybridized carbons (Fsp3) is 0.429. The Balaban J connectivity index is 1.81. The Kier molecular flexibility index (Phi) is 4.57. The fourth-order valence-electron chi connectivity index (χ4n) is 1.95. The minimum Gasteiger partial charge on any atom is -0.497 e. The summed E-state index contributed by atoms with van der Waals surface area (Å²) in [4.78, 5) is 23.9. The third kappa shape index (κ3) is 3.48. The molecule has 1 unspecified atom stereocenters. The summed E-state index contributed by atoms with van der Waals surface area (Å²) in [7, 11) is 1.57. The van der Waals surface area contributed by atoms with Crippen LogP contribution in [0.2, 0.25) is 0 Å². The van der Waals surface area contributed by atoms with Gasteiger partial charge in [-0.1, -0.05) is 0 Å². The summed E-state index contributed by atoms with van der Waals surface area (Å²) < 4.78 is 10.4. The number of aliphatic hydroxyl groups excluding tert-OH is 1.